The van der Waals surface area contributed by atoms with Gasteiger partial charge in [0.25, 0.3) is 5.91 Å². The molecule has 0 bridgehead atoms. The summed E-state index contributed by atoms with van der Waals surface area (Å²) in [6.07, 6.45) is 0. The molecular weight excluding hydrogens is 200 g/mol. The molecule has 1 aromatic heterocycles. The zero-order valence-corrected chi connectivity index (χ0v) is 9.11. The van der Waals surface area contributed by atoms with Gasteiger partial charge in [-0.1, -0.05) is 0 Å². The number of amides is 1. The minimum absolute atomic E-state index is 0.0476. The Labute approximate surface area is 87.3 Å². The quantitative estimate of drug-likeness (QED) is 0.710. The Morgan fingerprint density at radius 3 is 2.93 bits per heavy atom. The Morgan fingerprint density at radius 2 is 2.36 bits per heavy atom. The van der Waals surface area contributed by atoms with E-state index in [1.807, 2.05) is 12.4 Å². The first-order valence-electron chi connectivity index (χ1n) is 4.33. The Balaban J connectivity index is 2.44. The molecule has 0 fully saturated rings. The molecule has 5 heteroatoms. The summed E-state index contributed by atoms with van der Waals surface area (Å²) in [4.78, 5) is 12.1. The topological polar surface area (TPSA) is 50.4 Å². The summed E-state index contributed by atoms with van der Waals surface area (Å²) in [6, 6.07) is 1.74. The van der Waals surface area contributed by atoms with Crippen molar-refractivity contribution in [2.75, 3.05) is 27.2 Å². The third-order valence-electron chi connectivity index (χ3n) is 1.70. The van der Waals surface area contributed by atoms with Crippen LogP contribution in [-0.4, -0.2) is 33.2 Å². The number of hydrogen-bond donors (Lipinski definition) is 2. The number of carbonyl (C=O) groups is 1. The lowest BCUT2D eigenvalue weighted by Crippen LogP contribution is -2.29. The van der Waals surface area contributed by atoms with Crippen LogP contribution >= 0.6 is 11.3 Å². The van der Waals surface area contributed by atoms with Crippen LogP contribution in [0.3, 0.4) is 0 Å². The van der Waals surface area contributed by atoms with E-state index >= 15 is 0 Å². The highest BCUT2D eigenvalue weighted by molar-refractivity contribution is 7.12. The van der Waals surface area contributed by atoms with Gasteiger partial charge in [0.1, 0.15) is 5.75 Å². The van der Waals surface area contributed by atoms with Crippen molar-refractivity contribution < 1.29 is 9.53 Å². The van der Waals surface area contributed by atoms with Gasteiger partial charge < -0.3 is 15.4 Å². The van der Waals surface area contributed by atoms with E-state index in [1.54, 1.807) is 13.2 Å². The fourth-order valence-corrected chi connectivity index (χ4v) is 1.70. The van der Waals surface area contributed by atoms with Gasteiger partial charge in [0.05, 0.1) is 12.0 Å². The average Bonchev–Trinajstić information content (AvgIpc) is 2.66. The molecule has 0 radical (unpaired) electrons. The first-order valence-corrected chi connectivity index (χ1v) is 5.21. The van der Waals surface area contributed by atoms with E-state index in [0.717, 1.165) is 12.3 Å². The van der Waals surface area contributed by atoms with E-state index in [9.17, 15) is 4.79 Å². The van der Waals surface area contributed by atoms with Crippen molar-refractivity contribution in [2.45, 2.75) is 0 Å². The predicted octanol–water partition coefficient (Wildman–Crippen LogP) is 0.706. The molecule has 1 rings (SSSR count). The van der Waals surface area contributed by atoms with Crippen LogP contribution < -0.4 is 15.4 Å². The van der Waals surface area contributed by atoms with Crippen molar-refractivity contribution in [3.8, 4) is 5.75 Å². The number of ether oxygens (including phenoxy) is 1. The molecule has 0 aromatic carbocycles. The molecule has 0 saturated heterocycles. The lowest BCUT2D eigenvalue weighted by molar-refractivity contribution is 0.0958. The van der Waals surface area contributed by atoms with Crippen LogP contribution in [0.2, 0.25) is 0 Å². The maximum Gasteiger partial charge on any atom is 0.261 e. The average molecular weight is 214 g/mol. The maximum atomic E-state index is 11.5. The molecule has 0 saturated carbocycles. The summed E-state index contributed by atoms with van der Waals surface area (Å²) < 4.78 is 4.99. The number of likely N-dealkylation sites (N-methyl/N-ethyl adjacent to an activating group) is 1. The maximum absolute atomic E-state index is 11.5. The van der Waals surface area contributed by atoms with E-state index in [-0.39, 0.29) is 5.91 Å². The Bertz CT molecular complexity index is 299. The standard InChI is InChI=1S/C9H14N2O2S/c1-10-3-4-11-9(12)8-5-7(13-2)6-14-8/h5-6,10H,3-4H2,1-2H3,(H,11,12). The summed E-state index contributed by atoms with van der Waals surface area (Å²) in [7, 11) is 3.44. The fourth-order valence-electron chi connectivity index (χ4n) is 0.933. The van der Waals surface area contributed by atoms with Crippen molar-refractivity contribution in [1.29, 1.82) is 0 Å². The molecular formula is C9H14N2O2S. The monoisotopic (exact) mass is 214 g/mol. The molecule has 0 atom stereocenters. The van der Waals surface area contributed by atoms with Gasteiger partial charge in [-0.15, -0.1) is 11.3 Å². The molecule has 0 unspecified atom stereocenters. The Morgan fingerprint density at radius 1 is 1.57 bits per heavy atom. The summed E-state index contributed by atoms with van der Waals surface area (Å²) in [5.74, 6) is 0.683. The highest BCUT2D eigenvalue weighted by Gasteiger charge is 2.07. The minimum atomic E-state index is -0.0476. The van der Waals surface area contributed by atoms with Crippen LogP contribution in [0.15, 0.2) is 11.4 Å². The first kappa shape index (κ1) is 11.0. The zero-order valence-electron chi connectivity index (χ0n) is 8.29. The highest BCUT2D eigenvalue weighted by Crippen LogP contribution is 2.20. The second-order valence-electron chi connectivity index (χ2n) is 2.71. The molecule has 0 spiro atoms. The molecule has 1 heterocycles. The predicted molar refractivity (Wildman–Crippen MR) is 57.1 cm³/mol. The van der Waals surface area contributed by atoms with Crippen LogP contribution in [0.1, 0.15) is 9.67 Å². The lowest BCUT2D eigenvalue weighted by Gasteiger charge is -2.01. The van der Waals surface area contributed by atoms with Crippen LogP contribution in [0, 0.1) is 0 Å². The summed E-state index contributed by atoms with van der Waals surface area (Å²) in [5, 5.41) is 7.56. The summed E-state index contributed by atoms with van der Waals surface area (Å²) >= 11 is 1.38. The molecule has 0 aliphatic heterocycles. The molecule has 1 aromatic rings. The number of carbonyl (C=O) groups excluding carboxylic acids is 1. The van der Waals surface area contributed by atoms with Gasteiger partial charge >= 0.3 is 0 Å². The Kier molecular flexibility index (Phi) is 4.42. The zero-order chi connectivity index (χ0) is 10.4. The molecule has 0 aliphatic rings. The molecule has 4 nitrogen and oxygen atoms in total. The fraction of sp³-hybridized carbons (Fsp3) is 0.444. The number of thiophene rings is 1. The molecule has 1 amide bonds. The third-order valence-corrected chi connectivity index (χ3v) is 2.60. The number of rotatable bonds is 5. The second-order valence-corrected chi connectivity index (χ2v) is 3.62. The van der Waals surface area contributed by atoms with Gasteiger partial charge in [-0.05, 0) is 7.05 Å². The normalized spacial score (nSPS) is 9.86. The SMILES string of the molecule is CNCCNC(=O)c1cc(OC)cs1. The van der Waals surface area contributed by atoms with E-state index in [4.69, 9.17) is 4.74 Å². The van der Waals surface area contributed by atoms with Gasteiger partial charge in [0, 0.05) is 24.5 Å². The van der Waals surface area contributed by atoms with Crippen LogP contribution in [0.4, 0.5) is 0 Å². The van der Waals surface area contributed by atoms with Gasteiger partial charge in [-0.2, -0.15) is 0 Å². The van der Waals surface area contributed by atoms with Crippen molar-refractivity contribution >= 4 is 17.2 Å². The summed E-state index contributed by atoms with van der Waals surface area (Å²) in [5.41, 5.74) is 0. The van der Waals surface area contributed by atoms with Gasteiger partial charge in [0.2, 0.25) is 0 Å². The summed E-state index contributed by atoms with van der Waals surface area (Å²) in [6.45, 7) is 1.41. The van der Waals surface area contributed by atoms with Crippen molar-refractivity contribution in [1.82, 2.24) is 10.6 Å². The molecule has 0 aliphatic carbocycles. The highest BCUT2D eigenvalue weighted by atomic mass is 32.1. The lowest BCUT2D eigenvalue weighted by atomic mass is 10.4. The van der Waals surface area contributed by atoms with Gasteiger partial charge in [-0.25, -0.2) is 0 Å². The number of nitrogens with one attached hydrogen (secondary N) is 2. The van der Waals surface area contributed by atoms with E-state index < -0.39 is 0 Å². The van der Waals surface area contributed by atoms with E-state index in [2.05, 4.69) is 10.6 Å². The largest absolute Gasteiger partial charge is 0.496 e. The third kappa shape index (κ3) is 3.01. The first-order chi connectivity index (χ1) is 6.77. The Hall–Kier alpha value is -1.07. The van der Waals surface area contributed by atoms with E-state index in [0.29, 0.717) is 11.4 Å². The number of methoxy groups -OCH3 is 1. The van der Waals surface area contributed by atoms with Crippen LogP contribution in [0.25, 0.3) is 0 Å². The molecule has 78 valence electrons. The van der Waals surface area contributed by atoms with Crippen molar-refractivity contribution in [3.05, 3.63) is 16.3 Å². The van der Waals surface area contributed by atoms with Crippen LogP contribution in [0.5, 0.6) is 5.75 Å². The second kappa shape index (κ2) is 5.62. The van der Waals surface area contributed by atoms with Gasteiger partial charge in [-0.3, -0.25) is 4.79 Å². The number of hydrogen-bond acceptors (Lipinski definition) is 4. The molecule has 14 heavy (non-hydrogen) atoms. The molecule has 2 N–H and O–H groups in total. The van der Waals surface area contributed by atoms with Crippen molar-refractivity contribution in [3.63, 3.8) is 0 Å². The van der Waals surface area contributed by atoms with Crippen LogP contribution in [-0.2, 0) is 0 Å². The van der Waals surface area contributed by atoms with E-state index in [1.165, 1.54) is 11.3 Å². The minimum Gasteiger partial charge on any atom is -0.496 e. The van der Waals surface area contributed by atoms with Crippen molar-refractivity contribution in [2.24, 2.45) is 0 Å². The van der Waals surface area contributed by atoms with Gasteiger partial charge in [0.15, 0.2) is 0 Å². The smallest absolute Gasteiger partial charge is 0.261 e.